The lowest BCUT2D eigenvalue weighted by Gasteiger charge is -2.04. The number of H-pyrrole nitrogens is 1. The Morgan fingerprint density at radius 1 is 1.53 bits per heavy atom. The highest BCUT2D eigenvalue weighted by atomic mass is 16.1. The van der Waals surface area contributed by atoms with E-state index in [4.69, 9.17) is 0 Å². The first-order valence-electron chi connectivity index (χ1n) is 6.36. The molecule has 0 aliphatic heterocycles. The Kier molecular flexibility index (Phi) is 3.99. The number of amides is 1. The van der Waals surface area contributed by atoms with Gasteiger partial charge in [0, 0.05) is 30.0 Å². The van der Waals surface area contributed by atoms with Gasteiger partial charge in [0.25, 0.3) is 0 Å². The Morgan fingerprint density at radius 2 is 2.32 bits per heavy atom. The van der Waals surface area contributed by atoms with Crippen molar-refractivity contribution in [1.82, 2.24) is 25.3 Å². The molecule has 6 heteroatoms. The largest absolute Gasteiger partial charge is 0.352 e. The van der Waals surface area contributed by atoms with Gasteiger partial charge < -0.3 is 5.32 Å². The Bertz CT molecular complexity index is 555. The van der Waals surface area contributed by atoms with E-state index in [1.165, 1.54) is 0 Å². The second-order valence-electron chi connectivity index (χ2n) is 4.85. The van der Waals surface area contributed by atoms with Crippen LogP contribution in [0, 0.1) is 6.92 Å². The molecule has 0 aliphatic rings. The van der Waals surface area contributed by atoms with Crippen molar-refractivity contribution in [2.75, 3.05) is 0 Å². The van der Waals surface area contributed by atoms with Gasteiger partial charge in [-0.1, -0.05) is 0 Å². The molecule has 102 valence electrons. The van der Waals surface area contributed by atoms with Gasteiger partial charge in [-0.05, 0) is 26.8 Å². The van der Waals surface area contributed by atoms with Crippen molar-refractivity contribution in [2.45, 2.75) is 39.8 Å². The minimum absolute atomic E-state index is 0.0328. The van der Waals surface area contributed by atoms with Crippen LogP contribution < -0.4 is 5.32 Å². The molecule has 0 bridgehead atoms. The van der Waals surface area contributed by atoms with Crippen LogP contribution in [0.2, 0.25) is 0 Å². The van der Waals surface area contributed by atoms with E-state index in [0.717, 1.165) is 17.0 Å². The fourth-order valence-corrected chi connectivity index (χ4v) is 1.73. The fraction of sp³-hybridized carbons (Fsp3) is 0.462. The lowest BCUT2D eigenvalue weighted by Crippen LogP contribution is -2.25. The van der Waals surface area contributed by atoms with E-state index in [2.05, 4.69) is 34.5 Å². The molecule has 2 N–H and O–H groups in total. The number of hydrogen-bond donors (Lipinski definition) is 2. The molecule has 0 unspecified atom stereocenters. The third kappa shape index (κ3) is 3.43. The van der Waals surface area contributed by atoms with Crippen LogP contribution in [0.1, 0.15) is 36.8 Å². The Hall–Kier alpha value is -2.11. The molecule has 2 aromatic heterocycles. The van der Waals surface area contributed by atoms with E-state index in [1.807, 2.05) is 23.9 Å². The van der Waals surface area contributed by atoms with Crippen LogP contribution >= 0.6 is 0 Å². The Balaban J connectivity index is 1.85. The van der Waals surface area contributed by atoms with Gasteiger partial charge in [0.15, 0.2) is 0 Å². The molecule has 1 amide bonds. The first-order valence-corrected chi connectivity index (χ1v) is 6.36. The van der Waals surface area contributed by atoms with E-state index in [0.29, 0.717) is 19.0 Å². The minimum Gasteiger partial charge on any atom is -0.352 e. The average molecular weight is 261 g/mol. The molecule has 0 spiro atoms. The van der Waals surface area contributed by atoms with E-state index in [9.17, 15) is 4.79 Å². The highest BCUT2D eigenvalue weighted by molar-refractivity contribution is 5.78. The molecule has 2 rings (SSSR count). The standard InChI is InChI=1S/C13H19N5O/c1-9(2)18-5-4-12(17-18)6-13(19)14-7-11-8-15-16-10(11)3/h4-5,8-9H,6-7H2,1-3H3,(H,14,19)(H,15,16). The van der Waals surface area contributed by atoms with E-state index in [-0.39, 0.29) is 5.91 Å². The zero-order valence-electron chi connectivity index (χ0n) is 11.5. The van der Waals surface area contributed by atoms with Crippen LogP contribution in [0.3, 0.4) is 0 Å². The summed E-state index contributed by atoms with van der Waals surface area (Å²) in [5.74, 6) is -0.0328. The third-order valence-corrected chi connectivity index (χ3v) is 2.94. The third-order valence-electron chi connectivity index (χ3n) is 2.94. The topological polar surface area (TPSA) is 75.6 Å². The molecule has 0 fully saturated rings. The molecule has 0 atom stereocenters. The summed E-state index contributed by atoms with van der Waals surface area (Å²) >= 11 is 0. The van der Waals surface area contributed by atoms with E-state index >= 15 is 0 Å². The average Bonchev–Trinajstić information content (AvgIpc) is 2.96. The van der Waals surface area contributed by atoms with Gasteiger partial charge in [-0.15, -0.1) is 0 Å². The van der Waals surface area contributed by atoms with E-state index in [1.54, 1.807) is 6.20 Å². The van der Waals surface area contributed by atoms with E-state index < -0.39 is 0 Å². The van der Waals surface area contributed by atoms with Crippen LogP contribution in [0.25, 0.3) is 0 Å². The van der Waals surface area contributed by atoms with Gasteiger partial charge in [0.2, 0.25) is 5.91 Å². The summed E-state index contributed by atoms with van der Waals surface area (Å²) in [7, 11) is 0. The summed E-state index contributed by atoms with van der Waals surface area (Å²) in [6, 6.07) is 2.19. The quantitative estimate of drug-likeness (QED) is 0.853. The number of nitrogens with one attached hydrogen (secondary N) is 2. The highest BCUT2D eigenvalue weighted by Crippen LogP contribution is 2.05. The molecule has 6 nitrogen and oxygen atoms in total. The van der Waals surface area contributed by atoms with Crippen LogP contribution in [0.5, 0.6) is 0 Å². The normalized spacial score (nSPS) is 10.9. The number of carbonyl (C=O) groups is 1. The van der Waals surface area contributed by atoms with Gasteiger partial charge in [0.1, 0.15) is 0 Å². The molecule has 0 aliphatic carbocycles. The SMILES string of the molecule is Cc1[nH]ncc1CNC(=O)Cc1ccn(C(C)C)n1. The van der Waals surface area contributed by atoms with Crippen molar-refractivity contribution >= 4 is 5.91 Å². The number of carbonyl (C=O) groups excluding carboxylic acids is 1. The second kappa shape index (κ2) is 5.69. The van der Waals surface area contributed by atoms with Crippen molar-refractivity contribution in [3.8, 4) is 0 Å². The summed E-state index contributed by atoms with van der Waals surface area (Å²) in [6.07, 6.45) is 3.92. The van der Waals surface area contributed by atoms with Crippen molar-refractivity contribution in [3.05, 3.63) is 35.4 Å². The van der Waals surface area contributed by atoms with Gasteiger partial charge in [-0.25, -0.2) is 0 Å². The first-order chi connectivity index (χ1) is 9.06. The second-order valence-corrected chi connectivity index (χ2v) is 4.85. The molecule has 2 aromatic rings. The summed E-state index contributed by atoms with van der Waals surface area (Å²) in [5, 5.41) is 14.0. The molecule has 0 saturated carbocycles. The number of hydrogen-bond acceptors (Lipinski definition) is 3. The molecule has 0 saturated heterocycles. The molecule has 2 heterocycles. The molecule has 0 aromatic carbocycles. The molecular weight excluding hydrogens is 242 g/mol. The minimum atomic E-state index is -0.0328. The Morgan fingerprint density at radius 3 is 2.89 bits per heavy atom. The number of nitrogens with zero attached hydrogens (tertiary/aromatic N) is 3. The number of aromatic amines is 1. The van der Waals surface area contributed by atoms with Gasteiger partial charge in [-0.3, -0.25) is 14.6 Å². The van der Waals surface area contributed by atoms with Crippen LogP contribution in [-0.4, -0.2) is 25.9 Å². The maximum Gasteiger partial charge on any atom is 0.226 e. The van der Waals surface area contributed by atoms with Gasteiger partial charge in [-0.2, -0.15) is 10.2 Å². The van der Waals surface area contributed by atoms with Crippen molar-refractivity contribution in [2.24, 2.45) is 0 Å². The highest BCUT2D eigenvalue weighted by Gasteiger charge is 2.08. The number of aromatic nitrogens is 4. The Labute approximate surface area is 112 Å². The van der Waals surface area contributed by atoms with Crippen LogP contribution in [-0.2, 0) is 17.8 Å². The maximum atomic E-state index is 11.8. The zero-order chi connectivity index (χ0) is 13.8. The van der Waals surface area contributed by atoms with Crippen molar-refractivity contribution in [1.29, 1.82) is 0 Å². The van der Waals surface area contributed by atoms with Crippen molar-refractivity contribution < 1.29 is 4.79 Å². The van der Waals surface area contributed by atoms with Gasteiger partial charge in [0.05, 0.1) is 18.3 Å². The summed E-state index contributed by atoms with van der Waals surface area (Å²) in [6.45, 7) is 6.53. The fourth-order valence-electron chi connectivity index (χ4n) is 1.73. The monoisotopic (exact) mass is 261 g/mol. The lowest BCUT2D eigenvalue weighted by atomic mass is 10.2. The molecular formula is C13H19N5O. The van der Waals surface area contributed by atoms with Crippen molar-refractivity contribution in [3.63, 3.8) is 0 Å². The lowest BCUT2D eigenvalue weighted by molar-refractivity contribution is -0.120. The zero-order valence-corrected chi connectivity index (χ0v) is 11.5. The van der Waals surface area contributed by atoms with Crippen LogP contribution in [0.4, 0.5) is 0 Å². The predicted molar refractivity (Wildman–Crippen MR) is 71.5 cm³/mol. The number of rotatable bonds is 5. The molecule has 19 heavy (non-hydrogen) atoms. The van der Waals surface area contributed by atoms with Gasteiger partial charge >= 0.3 is 0 Å². The maximum absolute atomic E-state index is 11.8. The number of aryl methyl sites for hydroxylation is 1. The summed E-state index contributed by atoms with van der Waals surface area (Å²) in [5.41, 5.74) is 2.76. The first kappa shape index (κ1) is 13.3. The smallest absolute Gasteiger partial charge is 0.226 e. The summed E-state index contributed by atoms with van der Waals surface area (Å²) < 4.78 is 1.85. The van der Waals surface area contributed by atoms with Crippen LogP contribution in [0.15, 0.2) is 18.5 Å². The molecule has 0 radical (unpaired) electrons. The predicted octanol–water partition coefficient (Wildman–Crippen LogP) is 1.35. The summed E-state index contributed by atoms with van der Waals surface area (Å²) in [4.78, 5) is 11.8.